The van der Waals surface area contributed by atoms with E-state index in [4.69, 9.17) is 4.74 Å². The highest BCUT2D eigenvalue weighted by molar-refractivity contribution is 6.12. The first-order valence-electron chi connectivity index (χ1n) is 20.3. The van der Waals surface area contributed by atoms with Crippen LogP contribution < -0.4 is 14.5 Å². The molecule has 0 unspecified atom stereocenters. The van der Waals surface area contributed by atoms with Crippen LogP contribution >= 0.6 is 0 Å². The zero-order valence-electron chi connectivity index (χ0n) is 32.0. The number of rotatable bonds is 3. The number of aromatic nitrogens is 1. The van der Waals surface area contributed by atoms with Gasteiger partial charge in [0.15, 0.2) is 11.5 Å². The fourth-order valence-corrected chi connectivity index (χ4v) is 10.5. The maximum absolute atomic E-state index is 6.92. The summed E-state index contributed by atoms with van der Waals surface area (Å²) in [6.07, 6.45) is 0. The van der Waals surface area contributed by atoms with Crippen molar-refractivity contribution < 1.29 is 4.74 Å². The highest BCUT2D eigenvalue weighted by Gasteiger charge is 2.53. The molecule has 0 amide bonds. The van der Waals surface area contributed by atoms with Crippen molar-refractivity contribution in [3.8, 4) is 28.3 Å². The zero-order chi connectivity index (χ0) is 38.7. The first-order chi connectivity index (χ1) is 29.3. The van der Waals surface area contributed by atoms with E-state index in [1.807, 2.05) is 0 Å². The molecular formula is C55H35N3O. The Morgan fingerprint density at radius 2 is 0.949 bits per heavy atom. The highest BCUT2D eigenvalue weighted by Crippen LogP contribution is 2.67. The maximum Gasteiger partial charge on any atom is 0.152 e. The first-order valence-corrected chi connectivity index (χ1v) is 20.3. The number of para-hydroxylation sites is 7. The Balaban J connectivity index is 1.11. The van der Waals surface area contributed by atoms with Crippen molar-refractivity contribution in [2.24, 2.45) is 0 Å². The minimum atomic E-state index is -0.588. The Hall–Kier alpha value is -7.82. The minimum absolute atomic E-state index is 0.588. The van der Waals surface area contributed by atoms with Gasteiger partial charge in [-0.2, -0.15) is 0 Å². The topological polar surface area (TPSA) is 20.6 Å². The van der Waals surface area contributed by atoms with E-state index < -0.39 is 5.41 Å². The predicted molar refractivity (Wildman–Crippen MR) is 241 cm³/mol. The molecule has 9 aromatic carbocycles. The fourth-order valence-electron chi connectivity index (χ4n) is 10.5. The summed E-state index contributed by atoms with van der Waals surface area (Å²) >= 11 is 0. The quantitative estimate of drug-likeness (QED) is 0.179. The van der Waals surface area contributed by atoms with Crippen molar-refractivity contribution >= 4 is 55.9 Å². The normalized spacial score (nSPS) is 14.0. The molecule has 276 valence electrons. The van der Waals surface area contributed by atoms with Crippen LogP contribution in [0.1, 0.15) is 22.3 Å². The highest BCUT2D eigenvalue weighted by atomic mass is 16.5. The summed E-state index contributed by atoms with van der Waals surface area (Å²) in [5.41, 5.74) is 17.0. The van der Waals surface area contributed by atoms with Crippen LogP contribution in [0, 0.1) is 0 Å². The molecule has 1 spiro atoms. The molecule has 59 heavy (non-hydrogen) atoms. The summed E-state index contributed by atoms with van der Waals surface area (Å²) < 4.78 is 9.30. The van der Waals surface area contributed by atoms with Crippen molar-refractivity contribution in [2.45, 2.75) is 5.41 Å². The summed E-state index contributed by atoms with van der Waals surface area (Å²) in [7, 11) is 0. The minimum Gasteiger partial charge on any atom is -0.453 e. The number of benzene rings is 9. The standard InChI is InChI=1S/C55H35N3O/c1-3-17-36(18-4-1)56-46-26-12-8-21-39(46)41-35-38(31-33-47(41)56)58-50-29-15-16-30-51(50)59-52-34-32-45-53(54(52)58)40-22-7-9-23-42(40)55(45)43-24-10-13-27-48(43)57(37-19-5-2-6-20-37)49-28-14-11-25-44(49)55/h1-35H. The fraction of sp³-hybridized carbons (Fsp3) is 0.0182. The van der Waals surface area contributed by atoms with Gasteiger partial charge < -0.3 is 19.1 Å². The molecule has 0 fully saturated rings. The lowest BCUT2D eigenvalue weighted by Crippen LogP contribution is -2.36. The summed E-state index contributed by atoms with van der Waals surface area (Å²) in [4.78, 5) is 4.88. The van der Waals surface area contributed by atoms with Crippen LogP contribution in [-0.2, 0) is 5.41 Å². The summed E-state index contributed by atoms with van der Waals surface area (Å²) in [6, 6.07) is 77.1. The van der Waals surface area contributed by atoms with Gasteiger partial charge in [-0.05, 0) is 107 Å². The molecule has 0 bridgehead atoms. The van der Waals surface area contributed by atoms with E-state index in [1.54, 1.807) is 0 Å². The van der Waals surface area contributed by atoms with Crippen LogP contribution in [0.2, 0.25) is 0 Å². The third kappa shape index (κ3) is 4.27. The van der Waals surface area contributed by atoms with Gasteiger partial charge in [0, 0.05) is 33.4 Å². The van der Waals surface area contributed by atoms with Gasteiger partial charge in [0.05, 0.1) is 39.2 Å². The number of nitrogens with zero attached hydrogens (tertiary/aromatic N) is 3. The largest absolute Gasteiger partial charge is 0.453 e. The molecule has 0 atom stereocenters. The van der Waals surface area contributed by atoms with Gasteiger partial charge in [-0.25, -0.2) is 0 Å². The molecule has 13 rings (SSSR count). The Morgan fingerprint density at radius 1 is 0.356 bits per heavy atom. The average Bonchev–Trinajstić information content (AvgIpc) is 3.79. The van der Waals surface area contributed by atoms with Crippen LogP contribution in [0.4, 0.5) is 34.1 Å². The third-order valence-corrected chi connectivity index (χ3v) is 12.7. The van der Waals surface area contributed by atoms with Gasteiger partial charge >= 0.3 is 0 Å². The number of anilines is 6. The average molecular weight is 754 g/mol. The molecule has 3 aliphatic rings. The van der Waals surface area contributed by atoms with Gasteiger partial charge in [0.1, 0.15) is 0 Å². The van der Waals surface area contributed by atoms with Gasteiger partial charge in [-0.3, -0.25) is 0 Å². The number of ether oxygens (including phenoxy) is 1. The molecule has 3 heterocycles. The Labute approximate surface area is 342 Å². The summed E-state index contributed by atoms with van der Waals surface area (Å²) in [5.74, 6) is 1.67. The molecule has 0 saturated carbocycles. The van der Waals surface area contributed by atoms with Gasteiger partial charge in [0.2, 0.25) is 0 Å². The van der Waals surface area contributed by atoms with Crippen LogP contribution in [-0.4, -0.2) is 4.57 Å². The Morgan fingerprint density at radius 3 is 1.71 bits per heavy atom. The third-order valence-electron chi connectivity index (χ3n) is 12.7. The van der Waals surface area contributed by atoms with E-state index in [1.165, 1.54) is 66.6 Å². The lowest BCUT2D eigenvalue weighted by atomic mass is 9.64. The maximum atomic E-state index is 6.92. The molecule has 1 aliphatic carbocycles. The molecule has 2 aliphatic heterocycles. The van der Waals surface area contributed by atoms with E-state index in [-0.39, 0.29) is 0 Å². The van der Waals surface area contributed by atoms with Crippen molar-refractivity contribution in [2.75, 3.05) is 9.80 Å². The smallest absolute Gasteiger partial charge is 0.152 e. The van der Waals surface area contributed by atoms with E-state index in [0.29, 0.717) is 0 Å². The molecule has 1 aromatic heterocycles. The second-order valence-electron chi connectivity index (χ2n) is 15.6. The number of hydrogen-bond donors (Lipinski definition) is 0. The molecule has 0 radical (unpaired) electrons. The lowest BCUT2D eigenvalue weighted by molar-refractivity contribution is 0.477. The summed E-state index contributed by atoms with van der Waals surface area (Å²) in [5, 5.41) is 2.42. The van der Waals surface area contributed by atoms with Crippen molar-refractivity contribution in [3.63, 3.8) is 0 Å². The van der Waals surface area contributed by atoms with Crippen LogP contribution in [0.3, 0.4) is 0 Å². The van der Waals surface area contributed by atoms with Crippen molar-refractivity contribution in [1.29, 1.82) is 0 Å². The monoisotopic (exact) mass is 753 g/mol. The predicted octanol–water partition coefficient (Wildman–Crippen LogP) is 14.5. The molecule has 0 saturated heterocycles. The second kappa shape index (κ2) is 12.1. The van der Waals surface area contributed by atoms with E-state index in [9.17, 15) is 0 Å². The molecule has 4 heteroatoms. The van der Waals surface area contributed by atoms with Gasteiger partial charge in [-0.15, -0.1) is 0 Å². The molecule has 10 aromatic rings. The van der Waals surface area contributed by atoms with E-state index in [2.05, 4.69) is 227 Å². The Bertz CT molecular complexity index is 3280. The molecular weight excluding hydrogens is 719 g/mol. The van der Waals surface area contributed by atoms with Crippen LogP contribution in [0.25, 0.3) is 38.6 Å². The first kappa shape index (κ1) is 32.3. The van der Waals surface area contributed by atoms with E-state index in [0.717, 1.165) is 39.9 Å². The summed E-state index contributed by atoms with van der Waals surface area (Å²) in [6.45, 7) is 0. The molecule has 4 nitrogen and oxygen atoms in total. The van der Waals surface area contributed by atoms with Gasteiger partial charge in [-0.1, -0.05) is 133 Å². The Kier molecular flexibility index (Phi) is 6.62. The number of fused-ring (bicyclic) bond motifs is 15. The van der Waals surface area contributed by atoms with E-state index >= 15 is 0 Å². The number of hydrogen-bond acceptors (Lipinski definition) is 3. The zero-order valence-corrected chi connectivity index (χ0v) is 32.0. The molecule has 0 N–H and O–H groups in total. The van der Waals surface area contributed by atoms with Crippen LogP contribution in [0.5, 0.6) is 11.5 Å². The van der Waals surface area contributed by atoms with Crippen molar-refractivity contribution in [1.82, 2.24) is 4.57 Å². The van der Waals surface area contributed by atoms with Crippen molar-refractivity contribution in [3.05, 3.63) is 235 Å². The second-order valence-corrected chi connectivity index (χ2v) is 15.6. The lowest BCUT2D eigenvalue weighted by Gasteiger charge is -2.45. The van der Waals surface area contributed by atoms with Gasteiger partial charge in [0.25, 0.3) is 0 Å². The SMILES string of the molecule is c1ccc(N2c3ccccc3C3(c4ccccc4-c4c3ccc3c4N(c4ccc5c(c4)c4ccccc4n5-c4ccccc4)c4ccccc4O3)c3ccccc32)cc1. The van der Waals surface area contributed by atoms with Crippen LogP contribution in [0.15, 0.2) is 212 Å².